The lowest BCUT2D eigenvalue weighted by atomic mass is 9.89. The number of benzene rings is 1. The quantitative estimate of drug-likeness (QED) is 0.727. The summed E-state index contributed by atoms with van der Waals surface area (Å²) in [5, 5.41) is 0. The second-order valence-electron chi connectivity index (χ2n) is 7.57. The number of carbonyl (C=O) groups excluding carboxylic acids is 2. The second kappa shape index (κ2) is 7.79. The number of amides is 1. The third-order valence-electron chi connectivity index (χ3n) is 5.90. The summed E-state index contributed by atoms with van der Waals surface area (Å²) in [7, 11) is 5.08. The molecule has 8 heteroatoms. The van der Waals surface area contributed by atoms with Crippen LogP contribution in [0.1, 0.15) is 32.6 Å². The second-order valence-corrected chi connectivity index (χ2v) is 7.57. The predicted molar refractivity (Wildman–Crippen MR) is 105 cm³/mol. The third kappa shape index (κ3) is 3.55. The zero-order valence-corrected chi connectivity index (χ0v) is 16.7. The number of hydrogen-bond acceptors (Lipinski definition) is 7. The average molecular weight is 396 g/mol. The number of nitrogens with zero attached hydrogens (tertiary/aromatic N) is 4. The Morgan fingerprint density at radius 2 is 1.69 bits per heavy atom. The SMILES string of the molecule is COC(=O)c1cnc(C(=O)N2C[C@@H]3CN(C)[C@@H](c4ccc(OC)cc4)[C@@H]3C2)cn1. The fraction of sp³-hybridized carbons (Fsp3) is 0.429. The van der Waals surface area contributed by atoms with E-state index in [1.165, 1.54) is 25.1 Å². The first kappa shape index (κ1) is 19.3. The summed E-state index contributed by atoms with van der Waals surface area (Å²) in [6.07, 6.45) is 2.62. The van der Waals surface area contributed by atoms with Gasteiger partial charge in [-0.05, 0) is 30.7 Å². The summed E-state index contributed by atoms with van der Waals surface area (Å²) >= 11 is 0. The van der Waals surface area contributed by atoms with Crippen LogP contribution >= 0.6 is 0 Å². The van der Waals surface area contributed by atoms with Crippen molar-refractivity contribution in [2.75, 3.05) is 40.9 Å². The van der Waals surface area contributed by atoms with E-state index in [0.717, 1.165) is 12.3 Å². The molecule has 2 aromatic rings. The smallest absolute Gasteiger partial charge is 0.358 e. The Balaban J connectivity index is 1.48. The van der Waals surface area contributed by atoms with Crippen molar-refractivity contribution in [3.8, 4) is 5.75 Å². The molecule has 0 spiro atoms. The highest BCUT2D eigenvalue weighted by molar-refractivity contribution is 5.93. The molecule has 0 unspecified atom stereocenters. The first-order valence-electron chi connectivity index (χ1n) is 9.55. The van der Waals surface area contributed by atoms with E-state index in [-0.39, 0.29) is 23.3 Å². The Bertz CT molecular complexity index is 900. The highest BCUT2D eigenvalue weighted by atomic mass is 16.5. The van der Waals surface area contributed by atoms with Gasteiger partial charge in [0.1, 0.15) is 11.4 Å². The molecule has 2 aliphatic heterocycles. The lowest BCUT2D eigenvalue weighted by Crippen LogP contribution is -2.34. The fourth-order valence-corrected chi connectivity index (χ4v) is 4.54. The number of fused-ring (bicyclic) bond motifs is 1. The van der Waals surface area contributed by atoms with Crippen LogP contribution in [0.25, 0.3) is 0 Å². The number of likely N-dealkylation sites (tertiary alicyclic amines) is 2. The molecular formula is C21H24N4O4. The summed E-state index contributed by atoms with van der Waals surface area (Å²) in [4.78, 5) is 36.7. The molecule has 3 atom stereocenters. The van der Waals surface area contributed by atoms with E-state index >= 15 is 0 Å². The maximum absolute atomic E-state index is 12.9. The highest BCUT2D eigenvalue weighted by Crippen LogP contribution is 2.44. The van der Waals surface area contributed by atoms with Crippen LogP contribution in [-0.2, 0) is 4.74 Å². The first-order valence-corrected chi connectivity index (χ1v) is 9.55. The molecule has 1 amide bonds. The van der Waals surface area contributed by atoms with Crippen molar-refractivity contribution in [2.24, 2.45) is 11.8 Å². The number of aromatic nitrogens is 2. The largest absolute Gasteiger partial charge is 0.497 e. The minimum Gasteiger partial charge on any atom is -0.497 e. The molecule has 1 aromatic heterocycles. The van der Waals surface area contributed by atoms with E-state index < -0.39 is 5.97 Å². The molecule has 1 aromatic carbocycles. The zero-order valence-electron chi connectivity index (χ0n) is 16.7. The van der Waals surface area contributed by atoms with Crippen molar-refractivity contribution in [3.05, 3.63) is 53.6 Å². The molecule has 3 heterocycles. The summed E-state index contributed by atoms with van der Waals surface area (Å²) < 4.78 is 9.88. The van der Waals surface area contributed by atoms with Crippen LogP contribution in [0.4, 0.5) is 0 Å². The van der Waals surface area contributed by atoms with Gasteiger partial charge in [-0.1, -0.05) is 12.1 Å². The van der Waals surface area contributed by atoms with Gasteiger partial charge in [-0.15, -0.1) is 0 Å². The predicted octanol–water partition coefficient (Wildman–Crippen LogP) is 1.65. The molecule has 152 valence electrons. The fourth-order valence-electron chi connectivity index (χ4n) is 4.54. The lowest BCUT2D eigenvalue weighted by Gasteiger charge is -2.27. The molecule has 4 rings (SSSR count). The van der Waals surface area contributed by atoms with Crippen molar-refractivity contribution in [1.29, 1.82) is 0 Å². The van der Waals surface area contributed by atoms with Gasteiger partial charge in [0.05, 0.1) is 26.6 Å². The van der Waals surface area contributed by atoms with E-state index in [0.29, 0.717) is 24.9 Å². The van der Waals surface area contributed by atoms with Crippen molar-refractivity contribution in [1.82, 2.24) is 19.8 Å². The molecule has 0 bridgehead atoms. The number of ether oxygens (including phenoxy) is 2. The zero-order chi connectivity index (χ0) is 20.5. The Kier molecular flexibility index (Phi) is 5.19. The molecular weight excluding hydrogens is 372 g/mol. The molecule has 2 fully saturated rings. The molecule has 29 heavy (non-hydrogen) atoms. The van der Waals surface area contributed by atoms with Gasteiger partial charge in [0.2, 0.25) is 0 Å². The van der Waals surface area contributed by atoms with E-state index in [2.05, 4.69) is 38.8 Å². The number of rotatable bonds is 4. The number of esters is 1. The Hall–Kier alpha value is -3.00. The maximum Gasteiger partial charge on any atom is 0.358 e. The normalized spacial score (nSPS) is 23.7. The van der Waals surface area contributed by atoms with Crippen LogP contribution in [0.15, 0.2) is 36.7 Å². The summed E-state index contributed by atoms with van der Waals surface area (Å²) in [5.41, 5.74) is 1.56. The van der Waals surface area contributed by atoms with Crippen molar-refractivity contribution in [3.63, 3.8) is 0 Å². The van der Waals surface area contributed by atoms with Gasteiger partial charge in [0, 0.05) is 31.6 Å². The topological polar surface area (TPSA) is 84.9 Å². The molecule has 0 N–H and O–H groups in total. The van der Waals surface area contributed by atoms with Crippen molar-refractivity contribution >= 4 is 11.9 Å². The van der Waals surface area contributed by atoms with Crippen LogP contribution < -0.4 is 4.74 Å². The van der Waals surface area contributed by atoms with Crippen LogP contribution in [-0.4, -0.2) is 72.5 Å². The highest BCUT2D eigenvalue weighted by Gasteiger charge is 2.47. The average Bonchev–Trinajstić information content (AvgIpc) is 3.29. The van der Waals surface area contributed by atoms with Crippen molar-refractivity contribution in [2.45, 2.75) is 6.04 Å². The van der Waals surface area contributed by atoms with Gasteiger partial charge in [-0.3, -0.25) is 9.69 Å². The summed E-state index contributed by atoms with van der Waals surface area (Å²) in [6.45, 7) is 2.31. The van der Waals surface area contributed by atoms with E-state index in [4.69, 9.17) is 4.74 Å². The molecule has 0 radical (unpaired) electrons. The molecule has 2 saturated heterocycles. The lowest BCUT2D eigenvalue weighted by molar-refractivity contribution is 0.0592. The van der Waals surface area contributed by atoms with Crippen LogP contribution in [0.3, 0.4) is 0 Å². The van der Waals surface area contributed by atoms with Gasteiger partial charge >= 0.3 is 5.97 Å². The molecule has 0 saturated carbocycles. The monoisotopic (exact) mass is 396 g/mol. The molecule has 0 aliphatic carbocycles. The number of methoxy groups -OCH3 is 2. The van der Waals surface area contributed by atoms with Gasteiger partial charge in [0.25, 0.3) is 5.91 Å². The van der Waals surface area contributed by atoms with Crippen LogP contribution in [0.2, 0.25) is 0 Å². The Morgan fingerprint density at radius 3 is 2.31 bits per heavy atom. The molecule has 8 nitrogen and oxygen atoms in total. The Labute approximate surface area is 169 Å². The summed E-state index contributed by atoms with van der Waals surface area (Å²) in [6, 6.07) is 8.42. The van der Waals surface area contributed by atoms with Crippen LogP contribution in [0.5, 0.6) is 5.75 Å². The van der Waals surface area contributed by atoms with Gasteiger partial charge in [-0.2, -0.15) is 0 Å². The van der Waals surface area contributed by atoms with Gasteiger partial charge in [-0.25, -0.2) is 14.8 Å². The van der Waals surface area contributed by atoms with Gasteiger partial charge < -0.3 is 14.4 Å². The maximum atomic E-state index is 12.9. The van der Waals surface area contributed by atoms with Gasteiger partial charge in [0.15, 0.2) is 5.69 Å². The van der Waals surface area contributed by atoms with E-state index in [1.54, 1.807) is 7.11 Å². The first-order chi connectivity index (χ1) is 14.0. The minimum absolute atomic E-state index is 0.0866. The van der Waals surface area contributed by atoms with Crippen molar-refractivity contribution < 1.29 is 19.1 Å². The minimum atomic E-state index is -0.572. The van der Waals surface area contributed by atoms with E-state index in [9.17, 15) is 9.59 Å². The summed E-state index contributed by atoms with van der Waals surface area (Å²) in [5.74, 6) is 0.887. The Morgan fingerprint density at radius 1 is 1.00 bits per heavy atom. The number of carbonyl (C=O) groups is 2. The number of hydrogen-bond donors (Lipinski definition) is 0. The molecule has 2 aliphatic rings. The van der Waals surface area contributed by atoms with E-state index in [1.807, 2.05) is 17.0 Å². The third-order valence-corrected chi connectivity index (χ3v) is 5.90. The van der Waals surface area contributed by atoms with Crippen LogP contribution in [0, 0.1) is 11.8 Å². The standard InChI is InChI=1S/C21H24N4O4/c1-24-10-14-11-25(20(26)17-8-23-18(9-22-17)21(27)29-3)12-16(14)19(24)13-4-6-15(28-2)7-5-13/h4-9,14,16,19H,10-12H2,1-3H3/t14-,16+,19-/m0/s1.